The second-order valence-electron chi connectivity index (χ2n) is 7.50. The number of benzene rings is 2. The number of methoxy groups -OCH3 is 1. The summed E-state index contributed by atoms with van der Waals surface area (Å²) in [6.45, 7) is 3.93. The fourth-order valence-electron chi connectivity index (χ4n) is 3.58. The minimum absolute atomic E-state index is 0.0764. The van der Waals surface area contributed by atoms with E-state index < -0.39 is 0 Å². The van der Waals surface area contributed by atoms with Gasteiger partial charge in [-0.1, -0.05) is 30.3 Å². The number of carbonyl (C=O) groups excluding carboxylic acids is 2. The van der Waals surface area contributed by atoms with Crippen LogP contribution in [0.25, 0.3) is 0 Å². The van der Waals surface area contributed by atoms with E-state index in [2.05, 4.69) is 10.6 Å². The summed E-state index contributed by atoms with van der Waals surface area (Å²) >= 11 is 0. The van der Waals surface area contributed by atoms with Gasteiger partial charge < -0.3 is 20.3 Å². The van der Waals surface area contributed by atoms with Crippen LogP contribution in [-0.2, 0) is 11.3 Å². The molecule has 1 aliphatic rings. The quantitative estimate of drug-likeness (QED) is 0.778. The third-order valence-electron chi connectivity index (χ3n) is 5.43. The summed E-state index contributed by atoms with van der Waals surface area (Å²) in [6.07, 6.45) is 2.18. The molecule has 0 unspecified atom stereocenters. The highest BCUT2D eigenvalue weighted by atomic mass is 16.5. The minimum Gasteiger partial charge on any atom is -0.497 e. The molecule has 2 N–H and O–H groups in total. The lowest BCUT2D eigenvalue weighted by atomic mass is 9.93. The molecule has 2 aromatic rings. The molecular formula is C23H29N3O3. The summed E-state index contributed by atoms with van der Waals surface area (Å²) in [6, 6.07) is 15.3. The number of nitrogens with zero attached hydrogens (tertiary/aromatic N) is 1. The Morgan fingerprint density at radius 2 is 1.86 bits per heavy atom. The van der Waals surface area contributed by atoms with Gasteiger partial charge in [0.05, 0.1) is 7.11 Å². The second kappa shape index (κ2) is 9.96. The molecule has 29 heavy (non-hydrogen) atoms. The van der Waals surface area contributed by atoms with Crippen LogP contribution in [-0.4, -0.2) is 37.0 Å². The van der Waals surface area contributed by atoms with Crippen LogP contribution in [0.4, 0.5) is 10.5 Å². The highest BCUT2D eigenvalue weighted by Gasteiger charge is 2.24. The molecule has 1 fully saturated rings. The number of piperidine rings is 1. The van der Waals surface area contributed by atoms with E-state index in [9.17, 15) is 9.59 Å². The number of nitrogens with one attached hydrogen (secondary N) is 2. The first-order valence-electron chi connectivity index (χ1n) is 10.1. The monoisotopic (exact) mass is 395 g/mol. The molecule has 0 aromatic heterocycles. The van der Waals surface area contributed by atoms with Gasteiger partial charge in [-0.05, 0) is 48.9 Å². The van der Waals surface area contributed by atoms with E-state index >= 15 is 0 Å². The number of hydrogen-bond donors (Lipinski definition) is 2. The Kier molecular flexibility index (Phi) is 7.11. The van der Waals surface area contributed by atoms with Gasteiger partial charge in [-0.3, -0.25) is 4.79 Å². The van der Waals surface area contributed by atoms with Crippen molar-refractivity contribution in [2.45, 2.75) is 32.7 Å². The van der Waals surface area contributed by atoms with Gasteiger partial charge in [0.2, 0.25) is 5.91 Å². The molecule has 1 aliphatic heterocycles. The van der Waals surface area contributed by atoms with E-state index in [1.807, 2.05) is 49.4 Å². The zero-order chi connectivity index (χ0) is 20.6. The summed E-state index contributed by atoms with van der Waals surface area (Å²) in [7, 11) is 1.60. The van der Waals surface area contributed by atoms with E-state index in [4.69, 9.17) is 4.74 Å². The molecule has 0 spiro atoms. The zero-order valence-electron chi connectivity index (χ0n) is 17.1. The third-order valence-corrected chi connectivity index (χ3v) is 5.43. The average molecular weight is 396 g/mol. The van der Waals surface area contributed by atoms with Crippen molar-refractivity contribution in [2.24, 2.45) is 5.92 Å². The highest BCUT2D eigenvalue weighted by molar-refractivity contribution is 5.89. The number of carbonyl (C=O) groups is 2. The van der Waals surface area contributed by atoms with Crippen LogP contribution in [0.2, 0.25) is 0 Å². The minimum atomic E-state index is -0.110. The number of rotatable bonds is 6. The number of urea groups is 1. The normalized spacial score (nSPS) is 14.3. The van der Waals surface area contributed by atoms with Gasteiger partial charge >= 0.3 is 6.03 Å². The maximum atomic E-state index is 12.5. The van der Waals surface area contributed by atoms with Gasteiger partial charge in [0.1, 0.15) is 5.75 Å². The number of amides is 3. The van der Waals surface area contributed by atoms with Crippen molar-refractivity contribution in [3.8, 4) is 5.75 Å². The molecule has 0 atom stereocenters. The molecule has 3 amide bonds. The number of anilines is 1. The van der Waals surface area contributed by atoms with Gasteiger partial charge in [0.25, 0.3) is 0 Å². The molecule has 0 radical (unpaired) electrons. The smallest absolute Gasteiger partial charge is 0.321 e. The van der Waals surface area contributed by atoms with Crippen molar-refractivity contribution >= 4 is 17.6 Å². The predicted octanol–water partition coefficient (Wildman–Crippen LogP) is 3.95. The van der Waals surface area contributed by atoms with E-state index in [0.29, 0.717) is 43.4 Å². The molecule has 1 heterocycles. The molecule has 0 bridgehead atoms. The van der Waals surface area contributed by atoms with Gasteiger partial charge in [-0.15, -0.1) is 0 Å². The lowest BCUT2D eigenvalue weighted by molar-refractivity contribution is -0.122. The van der Waals surface area contributed by atoms with Crippen LogP contribution >= 0.6 is 0 Å². The van der Waals surface area contributed by atoms with Gasteiger partial charge in [0.15, 0.2) is 0 Å². The number of aryl methyl sites for hydroxylation is 1. The maximum absolute atomic E-state index is 12.5. The molecule has 1 saturated heterocycles. The Labute approximate surface area is 172 Å². The largest absolute Gasteiger partial charge is 0.497 e. The molecule has 0 aliphatic carbocycles. The van der Waals surface area contributed by atoms with Crippen molar-refractivity contribution in [1.82, 2.24) is 10.2 Å². The highest BCUT2D eigenvalue weighted by Crippen LogP contribution is 2.22. The molecular weight excluding hydrogens is 366 g/mol. The van der Waals surface area contributed by atoms with Crippen LogP contribution < -0.4 is 15.4 Å². The first-order chi connectivity index (χ1) is 14.0. The summed E-state index contributed by atoms with van der Waals surface area (Å²) in [5.41, 5.74) is 3.04. The first-order valence-corrected chi connectivity index (χ1v) is 10.1. The van der Waals surface area contributed by atoms with Crippen molar-refractivity contribution in [3.05, 3.63) is 59.7 Å². The van der Waals surface area contributed by atoms with Crippen molar-refractivity contribution in [1.29, 1.82) is 0 Å². The molecule has 2 aromatic carbocycles. The molecule has 6 nitrogen and oxygen atoms in total. The molecule has 3 rings (SSSR count). The van der Waals surface area contributed by atoms with Gasteiger partial charge in [-0.25, -0.2) is 4.79 Å². The fourth-order valence-corrected chi connectivity index (χ4v) is 3.58. The summed E-state index contributed by atoms with van der Waals surface area (Å²) in [5.74, 6) is 1.10. The average Bonchev–Trinajstić information content (AvgIpc) is 2.74. The Hall–Kier alpha value is -3.02. The number of likely N-dealkylation sites (tertiary alicyclic amines) is 1. The predicted molar refractivity (Wildman–Crippen MR) is 114 cm³/mol. The van der Waals surface area contributed by atoms with Crippen LogP contribution in [0.1, 0.15) is 30.4 Å². The van der Waals surface area contributed by atoms with Crippen molar-refractivity contribution in [2.75, 3.05) is 25.5 Å². The Bertz CT molecular complexity index is 845. The Morgan fingerprint density at radius 1 is 1.10 bits per heavy atom. The molecule has 154 valence electrons. The lowest BCUT2D eigenvalue weighted by Crippen LogP contribution is -2.41. The Morgan fingerprint density at radius 3 is 2.59 bits per heavy atom. The third kappa shape index (κ3) is 5.98. The SMILES string of the molecule is COc1cccc(NC(=O)N2CCC(CC(=O)NCc3ccccc3C)CC2)c1. The topological polar surface area (TPSA) is 70.7 Å². The van der Waals surface area contributed by atoms with Gasteiger partial charge in [0, 0.05) is 37.8 Å². The van der Waals surface area contributed by atoms with E-state index in [-0.39, 0.29) is 11.9 Å². The van der Waals surface area contributed by atoms with Crippen molar-refractivity contribution in [3.63, 3.8) is 0 Å². The van der Waals surface area contributed by atoms with Crippen molar-refractivity contribution < 1.29 is 14.3 Å². The molecule has 6 heteroatoms. The fraction of sp³-hybridized carbons (Fsp3) is 0.391. The Balaban J connectivity index is 1.41. The van der Waals surface area contributed by atoms with E-state index in [1.165, 1.54) is 5.56 Å². The zero-order valence-corrected chi connectivity index (χ0v) is 17.1. The summed E-state index contributed by atoms with van der Waals surface area (Å²) in [5, 5.41) is 5.93. The standard InChI is InChI=1S/C23H29N3O3/c1-17-6-3-4-7-19(17)16-24-22(27)14-18-10-12-26(13-11-18)23(28)25-20-8-5-9-21(15-20)29-2/h3-9,15,18H,10-14,16H2,1-2H3,(H,24,27)(H,25,28). The van der Waals surface area contributed by atoms with Gasteiger partial charge in [-0.2, -0.15) is 0 Å². The lowest BCUT2D eigenvalue weighted by Gasteiger charge is -2.31. The summed E-state index contributed by atoms with van der Waals surface area (Å²) < 4.78 is 5.18. The van der Waals surface area contributed by atoms with Crippen LogP contribution in [0.5, 0.6) is 5.75 Å². The molecule has 0 saturated carbocycles. The maximum Gasteiger partial charge on any atom is 0.321 e. The summed E-state index contributed by atoms with van der Waals surface area (Å²) in [4.78, 5) is 26.6. The van der Waals surface area contributed by atoms with E-state index in [1.54, 1.807) is 18.1 Å². The second-order valence-corrected chi connectivity index (χ2v) is 7.50. The van der Waals surface area contributed by atoms with Crippen LogP contribution in [0, 0.1) is 12.8 Å². The number of ether oxygens (including phenoxy) is 1. The van der Waals surface area contributed by atoms with E-state index in [0.717, 1.165) is 18.4 Å². The van der Waals surface area contributed by atoms with Crippen LogP contribution in [0.3, 0.4) is 0 Å². The first kappa shape index (κ1) is 20.7. The number of hydrogen-bond acceptors (Lipinski definition) is 3. The van der Waals surface area contributed by atoms with Crippen LogP contribution in [0.15, 0.2) is 48.5 Å².